The van der Waals surface area contributed by atoms with Gasteiger partial charge in [0.05, 0.1) is 6.61 Å². The molecular weight excluding hydrogens is 318 g/mol. The molecule has 0 amide bonds. The van der Waals surface area contributed by atoms with Gasteiger partial charge in [-0.05, 0) is 42.9 Å². The van der Waals surface area contributed by atoms with Crippen molar-refractivity contribution in [3.8, 4) is 0 Å². The molecule has 6 heteroatoms. The summed E-state index contributed by atoms with van der Waals surface area (Å²) in [6.07, 6.45) is 3.34. The summed E-state index contributed by atoms with van der Waals surface area (Å²) in [5.74, 6) is 0. The van der Waals surface area contributed by atoms with Crippen molar-refractivity contribution in [3.63, 3.8) is 0 Å². The Morgan fingerprint density at radius 1 is 1.45 bits per heavy atom. The van der Waals surface area contributed by atoms with Gasteiger partial charge in [-0.1, -0.05) is 23.7 Å². The Kier molecular flexibility index (Phi) is 4.57. The average molecular weight is 334 g/mol. The summed E-state index contributed by atoms with van der Waals surface area (Å²) in [6, 6.07) is 9.68. The van der Waals surface area contributed by atoms with Gasteiger partial charge in [0.2, 0.25) is 0 Å². The highest BCUT2D eigenvalue weighted by molar-refractivity contribution is 7.80. The zero-order valence-electron chi connectivity index (χ0n) is 12.1. The quantitative estimate of drug-likeness (QED) is 0.847. The first-order valence-electron chi connectivity index (χ1n) is 7.00. The van der Waals surface area contributed by atoms with E-state index in [2.05, 4.69) is 10.3 Å². The Morgan fingerprint density at radius 3 is 3.05 bits per heavy atom. The van der Waals surface area contributed by atoms with Crippen LogP contribution in [0.2, 0.25) is 5.02 Å². The lowest BCUT2D eigenvalue weighted by molar-refractivity contribution is 0.0639. The lowest BCUT2D eigenvalue weighted by atomic mass is 10.2. The van der Waals surface area contributed by atoms with E-state index in [4.69, 9.17) is 28.6 Å². The van der Waals surface area contributed by atoms with Gasteiger partial charge in [0.15, 0.2) is 11.3 Å². The number of benzene rings is 1. The Balaban J connectivity index is 1.75. The number of nitrogens with one attached hydrogen (secondary N) is 1. The van der Waals surface area contributed by atoms with E-state index in [1.54, 1.807) is 12.4 Å². The number of thiocarbonyl (C=S) groups is 1. The average Bonchev–Trinajstić information content (AvgIpc) is 3.01. The van der Waals surface area contributed by atoms with Gasteiger partial charge in [0.1, 0.15) is 0 Å². The molecule has 1 aliphatic heterocycles. The number of hydrogen-bond acceptors (Lipinski definition) is 3. The van der Waals surface area contributed by atoms with Crippen LogP contribution < -0.4 is 5.32 Å². The van der Waals surface area contributed by atoms with Crippen LogP contribution in [-0.4, -0.2) is 28.1 Å². The SMILES string of the molecule is Cc1ccc(NC(=S)N2CCOC2c2cccnc2)cc1Cl. The van der Waals surface area contributed by atoms with Gasteiger partial charge < -0.3 is 15.0 Å². The molecule has 1 N–H and O–H groups in total. The number of rotatable bonds is 2. The Bertz CT molecular complexity index is 680. The Morgan fingerprint density at radius 2 is 2.32 bits per heavy atom. The molecule has 22 heavy (non-hydrogen) atoms. The Hall–Kier alpha value is -1.69. The minimum absolute atomic E-state index is 0.199. The van der Waals surface area contributed by atoms with E-state index in [-0.39, 0.29) is 6.23 Å². The molecule has 1 aromatic heterocycles. The highest BCUT2D eigenvalue weighted by Gasteiger charge is 2.29. The molecule has 0 bridgehead atoms. The summed E-state index contributed by atoms with van der Waals surface area (Å²) in [6.45, 7) is 3.35. The number of anilines is 1. The number of nitrogens with zero attached hydrogens (tertiary/aromatic N) is 2. The molecule has 1 saturated heterocycles. The molecule has 1 aromatic carbocycles. The number of halogens is 1. The fourth-order valence-corrected chi connectivity index (χ4v) is 2.83. The van der Waals surface area contributed by atoms with Crippen molar-refractivity contribution < 1.29 is 4.74 Å². The number of ether oxygens (including phenoxy) is 1. The van der Waals surface area contributed by atoms with Gasteiger partial charge in [-0.25, -0.2) is 0 Å². The molecule has 3 rings (SSSR count). The summed E-state index contributed by atoms with van der Waals surface area (Å²) >= 11 is 11.7. The molecule has 0 spiro atoms. The molecule has 0 saturated carbocycles. The highest BCUT2D eigenvalue weighted by Crippen LogP contribution is 2.27. The zero-order chi connectivity index (χ0) is 15.5. The van der Waals surface area contributed by atoms with Crippen LogP contribution >= 0.6 is 23.8 Å². The normalized spacial score (nSPS) is 17.5. The van der Waals surface area contributed by atoms with Crippen molar-refractivity contribution in [2.24, 2.45) is 0 Å². The van der Waals surface area contributed by atoms with Crippen LogP contribution in [0.4, 0.5) is 5.69 Å². The third-order valence-electron chi connectivity index (χ3n) is 3.54. The van der Waals surface area contributed by atoms with Crippen molar-refractivity contribution in [1.82, 2.24) is 9.88 Å². The molecule has 2 aromatic rings. The molecule has 1 aliphatic rings. The predicted octanol–water partition coefficient (Wildman–Crippen LogP) is 3.77. The van der Waals surface area contributed by atoms with Gasteiger partial charge in [-0.3, -0.25) is 4.98 Å². The second-order valence-electron chi connectivity index (χ2n) is 5.10. The fourth-order valence-electron chi connectivity index (χ4n) is 2.34. The van der Waals surface area contributed by atoms with E-state index in [0.717, 1.165) is 23.4 Å². The monoisotopic (exact) mass is 333 g/mol. The molecule has 1 atom stereocenters. The molecule has 0 radical (unpaired) electrons. The smallest absolute Gasteiger partial charge is 0.175 e. The predicted molar refractivity (Wildman–Crippen MR) is 92.0 cm³/mol. The first-order chi connectivity index (χ1) is 10.6. The summed E-state index contributed by atoms with van der Waals surface area (Å²) in [5.41, 5.74) is 2.90. The third kappa shape index (κ3) is 3.21. The third-order valence-corrected chi connectivity index (χ3v) is 4.29. The van der Waals surface area contributed by atoms with E-state index in [1.165, 1.54) is 0 Å². The number of aryl methyl sites for hydroxylation is 1. The van der Waals surface area contributed by atoms with Crippen molar-refractivity contribution in [3.05, 3.63) is 58.9 Å². The first-order valence-corrected chi connectivity index (χ1v) is 7.79. The van der Waals surface area contributed by atoms with E-state index in [9.17, 15) is 0 Å². The van der Waals surface area contributed by atoms with E-state index in [0.29, 0.717) is 16.7 Å². The maximum absolute atomic E-state index is 6.15. The summed E-state index contributed by atoms with van der Waals surface area (Å²) < 4.78 is 5.79. The molecule has 2 heterocycles. The highest BCUT2D eigenvalue weighted by atomic mass is 35.5. The number of pyridine rings is 1. The van der Waals surface area contributed by atoms with Crippen LogP contribution in [0.15, 0.2) is 42.7 Å². The van der Waals surface area contributed by atoms with Crippen molar-refractivity contribution >= 4 is 34.6 Å². The van der Waals surface area contributed by atoms with Gasteiger partial charge in [0.25, 0.3) is 0 Å². The van der Waals surface area contributed by atoms with E-state index >= 15 is 0 Å². The van der Waals surface area contributed by atoms with E-state index in [1.807, 2.05) is 42.2 Å². The second kappa shape index (κ2) is 6.60. The van der Waals surface area contributed by atoms with Gasteiger partial charge in [-0.2, -0.15) is 0 Å². The minimum Gasteiger partial charge on any atom is -0.352 e. The maximum Gasteiger partial charge on any atom is 0.175 e. The topological polar surface area (TPSA) is 37.4 Å². The fraction of sp³-hybridized carbons (Fsp3) is 0.250. The van der Waals surface area contributed by atoms with Crippen LogP contribution in [0.5, 0.6) is 0 Å². The van der Waals surface area contributed by atoms with E-state index < -0.39 is 0 Å². The van der Waals surface area contributed by atoms with Crippen molar-refractivity contribution in [2.75, 3.05) is 18.5 Å². The maximum atomic E-state index is 6.15. The lowest BCUT2D eigenvalue weighted by Gasteiger charge is -2.26. The molecule has 114 valence electrons. The lowest BCUT2D eigenvalue weighted by Crippen LogP contribution is -2.34. The molecule has 0 aliphatic carbocycles. The molecule has 4 nitrogen and oxygen atoms in total. The van der Waals surface area contributed by atoms with Crippen LogP contribution in [0.3, 0.4) is 0 Å². The van der Waals surface area contributed by atoms with Crippen LogP contribution in [-0.2, 0) is 4.74 Å². The zero-order valence-corrected chi connectivity index (χ0v) is 13.7. The Labute approximate surface area is 140 Å². The molecular formula is C16H16ClN3OS. The number of hydrogen-bond donors (Lipinski definition) is 1. The molecule has 1 unspecified atom stereocenters. The first kappa shape index (κ1) is 15.2. The van der Waals surface area contributed by atoms with Crippen molar-refractivity contribution in [1.29, 1.82) is 0 Å². The summed E-state index contributed by atoms with van der Waals surface area (Å²) in [5, 5.41) is 4.56. The van der Waals surface area contributed by atoms with Crippen molar-refractivity contribution in [2.45, 2.75) is 13.2 Å². The standard InChI is InChI=1S/C16H16ClN3OS/c1-11-4-5-13(9-14(11)17)19-16(22)20-7-8-21-15(20)12-3-2-6-18-10-12/h2-6,9-10,15H,7-8H2,1H3,(H,19,22). The molecule has 1 fully saturated rings. The number of aromatic nitrogens is 1. The second-order valence-corrected chi connectivity index (χ2v) is 5.89. The summed E-state index contributed by atoms with van der Waals surface area (Å²) in [4.78, 5) is 6.15. The van der Waals surface area contributed by atoms with Crippen LogP contribution in [0, 0.1) is 6.92 Å². The van der Waals surface area contributed by atoms with Crippen LogP contribution in [0.25, 0.3) is 0 Å². The van der Waals surface area contributed by atoms with Gasteiger partial charge >= 0.3 is 0 Å². The summed E-state index contributed by atoms with van der Waals surface area (Å²) in [7, 11) is 0. The van der Waals surface area contributed by atoms with Gasteiger partial charge in [0, 0.05) is 35.2 Å². The minimum atomic E-state index is -0.199. The van der Waals surface area contributed by atoms with Crippen LogP contribution in [0.1, 0.15) is 17.4 Å². The largest absolute Gasteiger partial charge is 0.352 e. The van der Waals surface area contributed by atoms with Gasteiger partial charge in [-0.15, -0.1) is 0 Å².